The second-order valence-corrected chi connectivity index (χ2v) is 4.87. The Hall–Kier alpha value is -2.76. The van der Waals surface area contributed by atoms with Gasteiger partial charge >= 0.3 is 0 Å². The average Bonchev–Trinajstić information content (AvgIpc) is 3.06. The van der Waals surface area contributed by atoms with Crippen LogP contribution in [-0.2, 0) is 4.74 Å². The van der Waals surface area contributed by atoms with E-state index in [1.54, 1.807) is 6.07 Å². The highest BCUT2D eigenvalue weighted by Gasteiger charge is 2.14. The van der Waals surface area contributed by atoms with E-state index in [1.165, 1.54) is 6.40 Å². The van der Waals surface area contributed by atoms with Gasteiger partial charge in [-0.25, -0.2) is 0 Å². The Kier molecular flexibility index (Phi) is 4.09. The number of aliphatic imine (C=N–C) groups is 1. The summed E-state index contributed by atoms with van der Waals surface area (Å²) < 4.78 is 10.8. The Morgan fingerprint density at radius 2 is 2.09 bits per heavy atom. The van der Waals surface area contributed by atoms with Crippen LogP contribution < -0.4 is 15.8 Å². The number of pyridine rings is 1. The molecule has 2 heterocycles. The van der Waals surface area contributed by atoms with Crippen molar-refractivity contribution in [3.8, 4) is 5.88 Å². The Labute approximate surface area is 129 Å². The summed E-state index contributed by atoms with van der Waals surface area (Å²) in [5, 5.41) is 3.23. The van der Waals surface area contributed by atoms with E-state index in [0.717, 1.165) is 11.3 Å². The molecule has 2 aromatic rings. The van der Waals surface area contributed by atoms with Crippen LogP contribution in [0.5, 0.6) is 5.88 Å². The van der Waals surface area contributed by atoms with E-state index in [1.807, 2.05) is 37.3 Å². The molecule has 3 N–H and O–H groups in total. The first-order chi connectivity index (χ1) is 10.8. The van der Waals surface area contributed by atoms with Crippen molar-refractivity contribution < 1.29 is 9.47 Å². The number of anilines is 3. The first-order valence-corrected chi connectivity index (χ1v) is 7.16. The molecule has 0 fully saturated rings. The van der Waals surface area contributed by atoms with Crippen LogP contribution in [0.3, 0.4) is 0 Å². The van der Waals surface area contributed by atoms with E-state index in [2.05, 4.69) is 15.3 Å². The fraction of sp³-hybridized carbons (Fsp3) is 0.250. The molecular weight excluding hydrogens is 280 g/mol. The summed E-state index contributed by atoms with van der Waals surface area (Å²) in [5.41, 5.74) is 8.38. The lowest BCUT2D eigenvalue weighted by molar-refractivity contribution is 0.240. The molecule has 0 saturated heterocycles. The summed E-state index contributed by atoms with van der Waals surface area (Å²) in [6, 6.07) is 11.6. The molecule has 1 aliphatic rings. The Morgan fingerprint density at radius 1 is 1.27 bits per heavy atom. The van der Waals surface area contributed by atoms with Gasteiger partial charge in [0.25, 0.3) is 0 Å². The zero-order valence-corrected chi connectivity index (χ0v) is 12.3. The topological polar surface area (TPSA) is 81.8 Å². The summed E-state index contributed by atoms with van der Waals surface area (Å²) in [6.07, 6.45) is 1.53. The number of rotatable bonds is 5. The standard InChI is InChI=1S/C16H18N4O2/c1-2-21-16-13(17)7-8-15(20-16)19-12-5-3-11(4-6-12)14-9-18-10-22-14/h3-8,10,14H,2,9,17H2,1H3,(H,19,20). The van der Waals surface area contributed by atoms with Gasteiger partial charge < -0.3 is 20.5 Å². The Morgan fingerprint density at radius 3 is 2.77 bits per heavy atom. The second-order valence-electron chi connectivity index (χ2n) is 4.87. The number of nitrogen functional groups attached to an aromatic ring is 1. The first-order valence-electron chi connectivity index (χ1n) is 7.16. The molecule has 0 radical (unpaired) electrons. The van der Waals surface area contributed by atoms with Crippen molar-refractivity contribution in [3.05, 3.63) is 42.0 Å². The van der Waals surface area contributed by atoms with Gasteiger partial charge in [0, 0.05) is 5.69 Å². The van der Waals surface area contributed by atoms with Crippen LogP contribution in [0.2, 0.25) is 0 Å². The van der Waals surface area contributed by atoms with Gasteiger partial charge in [0.05, 0.1) is 18.8 Å². The number of hydrogen-bond donors (Lipinski definition) is 2. The third-order valence-corrected chi connectivity index (χ3v) is 3.30. The van der Waals surface area contributed by atoms with E-state index < -0.39 is 0 Å². The molecule has 1 aliphatic heterocycles. The number of benzene rings is 1. The highest BCUT2D eigenvalue weighted by molar-refractivity contribution is 5.61. The monoisotopic (exact) mass is 298 g/mol. The summed E-state index contributed by atoms with van der Waals surface area (Å²) in [7, 11) is 0. The lowest BCUT2D eigenvalue weighted by atomic mass is 10.1. The van der Waals surface area contributed by atoms with E-state index in [0.29, 0.717) is 30.5 Å². The normalized spacial score (nSPS) is 16.3. The van der Waals surface area contributed by atoms with Crippen LogP contribution >= 0.6 is 0 Å². The van der Waals surface area contributed by atoms with Gasteiger partial charge in [0.1, 0.15) is 11.9 Å². The lowest BCUT2D eigenvalue weighted by Gasteiger charge is -2.12. The number of ether oxygens (including phenoxy) is 2. The highest BCUT2D eigenvalue weighted by Crippen LogP contribution is 2.25. The SMILES string of the molecule is CCOc1nc(Nc2ccc(C3CN=CO3)cc2)ccc1N. The Bertz CT molecular complexity index is 662. The summed E-state index contributed by atoms with van der Waals surface area (Å²) in [6.45, 7) is 3.09. The lowest BCUT2D eigenvalue weighted by Crippen LogP contribution is -2.03. The third kappa shape index (κ3) is 3.11. The van der Waals surface area contributed by atoms with E-state index in [-0.39, 0.29) is 6.10 Å². The maximum Gasteiger partial charge on any atom is 0.239 e. The second kappa shape index (κ2) is 6.34. The van der Waals surface area contributed by atoms with Crippen LogP contribution in [0.15, 0.2) is 41.4 Å². The maximum atomic E-state index is 5.82. The van der Waals surface area contributed by atoms with Crippen molar-refractivity contribution in [3.63, 3.8) is 0 Å². The van der Waals surface area contributed by atoms with Crippen molar-refractivity contribution in [2.24, 2.45) is 4.99 Å². The largest absolute Gasteiger partial charge is 0.476 e. The number of hydrogen-bond acceptors (Lipinski definition) is 6. The molecule has 22 heavy (non-hydrogen) atoms. The minimum atomic E-state index is 0.0215. The molecule has 6 nitrogen and oxygen atoms in total. The Balaban J connectivity index is 1.71. The van der Waals surface area contributed by atoms with Gasteiger partial charge in [-0.05, 0) is 36.8 Å². The van der Waals surface area contributed by atoms with Crippen LogP contribution in [0.25, 0.3) is 0 Å². The molecule has 0 amide bonds. The third-order valence-electron chi connectivity index (χ3n) is 3.30. The fourth-order valence-electron chi connectivity index (χ4n) is 2.18. The molecule has 6 heteroatoms. The molecule has 1 unspecified atom stereocenters. The molecule has 0 aliphatic carbocycles. The van der Waals surface area contributed by atoms with E-state index >= 15 is 0 Å². The average molecular weight is 298 g/mol. The molecule has 3 rings (SSSR count). The summed E-state index contributed by atoms with van der Waals surface area (Å²) in [4.78, 5) is 8.42. The summed E-state index contributed by atoms with van der Waals surface area (Å²) >= 11 is 0. The van der Waals surface area contributed by atoms with E-state index in [9.17, 15) is 0 Å². The zero-order chi connectivity index (χ0) is 15.4. The number of nitrogens with one attached hydrogen (secondary N) is 1. The molecular formula is C16H18N4O2. The fourth-order valence-corrected chi connectivity index (χ4v) is 2.18. The van der Waals surface area contributed by atoms with Gasteiger partial charge in [-0.3, -0.25) is 4.99 Å². The molecule has 1 aromatic heterocycles. The smallest absolute Gasteiger partial charge is 0.239 e. The van der Waals surface area contributed by atoms with Crippen molar-refractivity contribution >= 4 is 23.6 Å². The quantitative estimate of drug-likeness (QED) is 0.887. The van der Waals surface area contributed by atoms with Gasteiger partial charge in [-0.15, -0.1) is 0 Å². The van der Waals surface area contributed by atoms with Crippen molar-refractivity contribution in [2.75, 3.05) is 24.2 Å². The highest BCUT2D eigenvalue weighted by atomic mass is 16.5. The zero-order valence-electron chi connectivity index (χ0n) is 12.3. The van der Waals surface area contributed by atoms with Crippen LogP contribution in [0.4, 0.5) is 17.2 Å². The van der Waals surface area contributed by atoms with Crippen LogP contribution in [0, 0.1) is 0 Å². The minimum Gasteiger partial charge on any atom is -0.476 e. The van der Waals surface area contributed by atoms with Crippen molar-refractivity contribution in [2.45, 2.75) is 13.0 Å². The predicted octanol–water partition coefficient (Wildman–Crippen LogP) is 2.91. The number of nitrogens with two attached hydrogens (primary N) is 1. The van der Waals surface area contributed by atoms with Crippen molar-refractivity contribution in [1.82, 2.24) is 4.98 Å². The summed E-state index contributed by atoms with van der Waals surface area (Å²) in [5.74, 6) is 1.13. The van der Waals surface area contributed by atoms with Crippen LogP contribution in [-0.4, -0.2) is 24.5 Å². The predicted molar refractivity (Wildman–Crippen MR) is 86.7 cm³/mol. The van der Waals surface area contributed by atoms with Crippen LogP contribution in [0.1, 0.15) is 18.6 Å². The van der Waals surface area contributed by atoms with Gasteiger partial charge in [-0.2, -0.15) is 4.98 Å². The molecule has 1 aromatic carbocycles. The first kappa shape index (κ1) is 14.2. The number of aromatic nitrogens is 1. The molecule has 0 spiro atoms. The van der Waals surface area contributed by atoms with Crippen molar-refractivity contribution in [1.29, 1.82) is 0 Å². The maximum absolute atomic E-state index is 5.82. The molecule has 1 atom stereocenters. The van der Waals surface area contributed by atoms with Gasteiger partial charge in [0.15, 0.2) is 6.40 Å². The molecule has 114 valence electrons. The van der Waals surface area contributed by atoms with E-state index in [4.69, 9.17) is 15.2 Å². The van der Waals surface area contributed by atoms with Gasteiger partial charge in [0.2, 0.25) is 5.88 Å². The minimum absolute atomic E-state index is 0.0215. The molecule has 0 saturated carbocycles. The van der Waals surface area contributed by atoms with Gasteiger partial charge in [-0.1, -0.05) is 12.1 Å². The molecule has 0 bridgehead atoms. The number of nitrogens with zero attached hydrogens (tertiary/aromatic N) is 2.